The molecule has 1 aliphatic carbocycles. The molecule has 1 fully saturated rings. The number of nitrogens with one attached hydrogen (secondary N) is 1. The Morgan fingerprint density at radius 1 is 1.25 bits per heavy atom. The van der Waals surface area contributed by atoms with Crippen molar-refractivity contribution in [2.45, 2.75) is 36.4 Å². The summed E-state index contributed by atoms with van der Waals surface area (Å²) in [7, 11) is -4.43. The SMILES string of the molecule is NC(CNC(=O)Cc1ccc(S(=O)(=O)CC(F)(F)F)cc1)C1CC1. The fraction of sp³-hybridized carbons (Fsp3) is 0.533. The number of hydrogen-bond acceptors (Lipinski definition) is 4. The molecule has 1 aromatic rings. The quantitative estimate of drug-likeness (QED) is 0.766. The zero-order chi connectivity index (χ0) is 18.0. The summed E-state index contributed by atoms with van der Waals surface area (Å²) < 4.78 is 60.0. The minimum absolute atomic E-state index is 0.0109. The van der Waals surface area contributed by atoms with E-state index in [4.69, 9.17) is 5.73 Å². The van der Waals surface area contributed by atoms with Gasteiger partial charge in [-0.25, -0.2) is 8.42 Å². The van der Waals surface area contributed by atoms with E-state index in [0.29, 0.717) is 18.0 Å². The van der Waals surface area contributed by atoms with Gasteiger partial charge in [-0.3, -0.25) is 4.79 Å². The lowest BCUT2D eigenvalue weighted by Gasteiger charge is -2.12. The number of alkyl halides is 3. The lowest BCUT2D eigenvalue weighted by molar-refractivity contribution is -0.120. The fourth-order valence-corrected chi connectivity index (χ4v) is 3.43. The molecule has 0 radical (unpaired) electrons. The van der Waals surface area contributed by atoms with Gasteiger partial charge in [0.15, 0.2) is 15.6 Å². The maximum atomic E-state index is 12.3. The third-order valence-corrected chi connectivity index (χ3v) is 5.46. The van der Waals surface area contributed by atoms with Gasteiger partial charge in [-0.1, -0.05) is 12.1 Å². The topological polar surface area (TPSA) is 89.3 Å². The Morgan fingerprint density at radius 2 is 1.83 bits per heavy atom. The van der Waals surface area contributed by atoms with Crippen LogP contribution in [-0.2, 0) is 21.1 Å². The summed E-state index contributed by atoms with van der Waals surface area (Å²) in [5, 5.41) is 2.70. The monoisotopic (exact) mass is 364 g/mol. The lowest BCUT2D eigenvalue weighted by atomic mass is 10.1. The zero-order valence-corrected chi connectivity index (χ0v) is 13.7. The van der Waals surface area contributed by atoms with E-state index in [-0.39, 0.29) is 18.4 Å². The number of nitrogens with two attached hydrogens (primary N) is 1. The molecule has 0 heterocycles. The number of carbonyl (C=O) groups excluding carboxylic acids is 1. The highest BCUT2D eigenvalue weighted by molar-refractivity contribution is 7.91. The van der Waals surface area contributed by atoms with Crippen LogP contribution in [0, 0.1) is 5.92 Å². The number of halogens is 3. The van der Waals surface area contributed by atoms with E-state index in [9.17, 15) is 26.4 Å². The zero-order valence-electron chi connectivity index (χ0n) is 12.8. The first-order chi connectivity index (χ1) is 11.1. The highest BCUT2D eigenvalue weighted by atomic mass is 32.2. The van der Waals surface area contributed by atoms with Gasteiger partial charge in [-0.15, -0.1) is 0 Å². The molecule has 1 atom stereocenters. The molecular formula is C15H19F3N2O3S. The van der Waals surface area contributed by atoms with Crippen LogP contribution in [0.1, 0.15) is 18.4 Å². The molecule has 1 amide bonds. The number of hydrogen-bond donors (Lipinski definition) is 2. The summed E-state index contributed by atoms with van der Waals surface area (Å²) in [6.45, 7) is 0.377. The van der Waals surface area contributed by atoms with Gasteiger partial charge in [0, 0.05) is 12.6 Å². The van der Waals surface area contributed by atoms with Crippen molar-refractivity contribution in [1.29, 1.82) is 0 Å². The van der Waals surface area contributed by atoms with Gasteiger partial charge in [0.1, 0.15) is 0 Å². The molecule has 5 nitrogen and oxygen atoms in total. The van der Waals surface area contributed by atoms with Crippen LogP contribution < -0.4 is 11.1 Å². The van der Waals surface area contributed by atoms with Crippen molar-refractivity contribution in [2.75, 3.05) is 12.3 Å². The van der Waals surface area contributed by atoms with Crippen LogP contribution in [0.15, 0.2) is 29.2 Å². The second kappa shape index (κ2) is 7.10. The third-order valence-electron chi connectivity index (χ3n) is 3.76. The molecule has 0 saturated heterocycles. The van der Waals surface area contributed by atoms with Crippen LogP contribution in [0.5, 0.6) is 0 Å². The molecule has 9 heteroatoms. The summed E-state index contributed by atoms with van der Waals surface area (Å²) in [5.74, 6) is -1.71. The normalized spacial score (nSPS) is 16.7. The van der Waals surface area contributed by atoms with E-state index in [1.54, 1.807) is 0 Å². The highest BCUT2D eigenvalue weighted by Crippen LogP contribution is 2.31. The molecule has 0 spiro atoms. The van der Waals surface area contributed by atoms with Crippen molar-refractivity contribution in [3.8, 4) is 0 Å². The van der Waals surface area contributed by atoms with Crippen molar-refractivity contribution in [3.63, 3.8) is 0 Å². The van der Waals surface area contributed by atoms with Crippen molar-refractivity contribution in [1.82, 2.24) is 5.32 Å². The van der Waals surface area contributed by atoms with Gasteiger partial charge in [0.2, 0.25) is 5.91 Å². The van der Waals surface area contributed by atoms with Gasteiger partial charge < -0.3 is 11.1 Å². The maximum Gasteiger partial charge on any atom is 0.403 e. The molecule has 0 aromatic heterocycles. The first-order valence-corrected chi connectivity index (χ1v) is 9.13. The van der Waals surface area contributed by atoms with Crippen molar-refractivity contribution in [3.05, 3.63) is 29.8 Å². The highest BCUT2D eigenvalue weighted by Gasteiger charge is 2.35. The van der Waals surface area contributed by atoms with E-state index in [0.717, 1.165) is 25.0 Å². The summed E-state index contributed by atoms with van der Waals surface area (Å²) in [4.78, 5) is 11.4. The van der Waals surface area contributed by atoms with E-state index in [1.807, 2.05) is 0 Å². The molecule has 1 saturated carbocycles. The number of amides is 1. The molecule has 2 rings (SSSR count). The average Bonchev–Trinajstić information content (AvgIpc) is 3.27. The first kappa shape index (κ1) is 18.7. The molecule has 1 unspecified atom stereocenters. The molecule has 0 bridgehead atoms. The van der Waals surface area contributed by atoms with Crippen LogP contribution in [-0.4, -0.2) is 38.8 Å². The predicted octanol–water partition coefficient (Wildman–Crippen LogP) is 1.42. The number of benzene rings is 1. The minimum Gasteiger partial charge on any atom is -0.354 e. The molecule has 1 aliphatic rings. The standard InChI is InChI=1S/C15H19F3N2O3S/c16-15(17,18)9-24(22,23)12-5-1-10(2-6-12)7-14(21)20-8-13(19)11-3-4-11/h1-2,5-6,11,13H,3-4,7-9,19H2,(H,20,21). The average molecular weight is 364 g/mol. The second-order valence-electron chi connectivity index (χ2n) is 6.00. The molecule has 24 heavy (non-hydrogen) atoms. The number of carbonyl (C=O) groups is 1. The summed E-state index contributed by atoms with van der Waals surface area (Å²) in [6.07, 6.45) is -2.63. The second-order valence-corrected chi connectivity index (χ2v) is 7.99. The van der Waals surface area contributed by atoms with Crippen LogP contribution in [0.4, 0.5) is 13.2 Å². The van der Waals surface area contributed by atoms with Crippen LogP contribution in [0.3, 0.4) is 0 Å². The van der Waals surface area contributed by atoms with E-state index in [2.05, 4.69) is 5.32 Å². The molecule has 134 valence electrons. The third kappa shape index (κ3) is 5.79. The Morgan fingerprint density at radius 3 is 2.33 bits per heavy atom. The summed E-state index contributed by atoms with van der Waals surface area (Å²) in [6, 6.07) is 4.77. The van der Waals surface area contributed by atoms with Crippen LogP contribution in [0.25, 0.3) is 0 Å². The summed E-state index contributed by atoms with van der Waals surface area (Å²) >= 11 is 0. The van der Waals surface area contributed by atoms with Crippen molar-refractivity contribution < 1.29 is 26.4 Å². The fourth-order valence-electron chi connectivity index (χ4n) is 2.28. The number of rotatable bonds is 7. The van der Waals surface area contributed by atoms with Crippen molar-refractivity contribution >= 4 is 15.7 Å². The van der Waals surface area contributed by atoms with Gasteiger partial charge in [-0.2, -0.15) is 13.2 Å². The van der Waals surface area contributed by atoms with Gasteiger partial charge in [-0.05, 0) is 36.5 Å². The van der Waals surface area contributed by atoms with Crippen LogP contribution in [0.2, 0.25) is 0 Å². The van der Waals surface area contributed by atoms with E-state index >= 15 is 0 Å². The maximum absolute atomic E-state index is 12.3. The Kier molecular flexibility index (Phi) is 5.54. The Bertz CT molecular complexity index is 683. The predicted molar refractivity (Wildman–Crippen MR) is 82.0 cm³/mol. The molecular weight excluding hydrogens is 345 g/mol. The molecule has 0 aliphatic heterocycles. The smallest absolute Gasteiger partial charge is 0.354 e. The summed E-state index contributed by atoms with van der Waals surface area (Å²) in [5.41, 5.74) is 6.38. The Balaban J connectivity index is 1.90. The van der Waals surface area contributed by atoms with Gasteiger partial charge in [0.05, 0.1) is 11.3 Å². The Labute approximate surface area is 138 Å². The molecule has 1 aromatic carbocycles. The van der Waals surface area contributed by atoms with Gasteiger partial charge in [0.25, 0.3) is 0 Å². The number of sulfone groups is 1. The van der Waals surface area contributed by atoms with E-state index < -0.39 is 26.7 Å². The first-order valence-electron chi connectivity index (χ1n) is 7.47. The van der Waals surface area contributed by atoms with Crippen molar-refractivity contribution in [2.24, 2.45) is 11.7 Å². The molecule has 3 N–H and O–H groups in total. The lowest BCUT2D eigenvalue weighted by Crippen LogP contribution is -2.39. The Hall–Kier alpha value is -1.61. The van der Waals surface area contributed by atoms with Gasteiger partial charge >= 0.3 is 6.18 Å². The van der Waals surface area contributed by atoms with E-state index in [1.165, 1.54) is 12.1 Å². The largest absolute Gasteiger partial charge is 0.403 e. The van der Waals surface area contributed by atoms with Crippen LogP contribution >= 0.6 is 0 Å². The minimum atomic E-state index is -4.79.